The summed E-state index contributed by atoms with van der Waals surface area (Å²) < 4.78 is 10.3. The van der Waals surface area contributed by atoms with Crippen LogP contribution in [0.15, 0.2) is 113 Å². The summed E-state index contributed by atoms with van der Waals surface area (Å²) in [5, 5.41) is 9.10. The highest BCUT2D eigenvalue weighted by Crippen LogP contribution is 2.38. The Bertz CT molecular complexity index is 985. The van der Waals surface area contributed by atoms with Crippen LogP contribution in [0.4, 0.5) is 0 Å². The molecule has 0 unspecified atom stereocenters. The molecular formula is C26H24O3S2. The van der Waals surface area contributed by atoms with E-state index in [1.807, 2.05) is 66.7 Å². The Labute approximate surface area is 191 Å². The third kappa shape index (κ3) is 7.31. The van der Waals surface area contributed by atoms with E-state index in [1.165, 1.54) is 15.4 Å². The van der Waals surface area contributed by atoms with Crippen LogP contribution in [0, 0.1) is 0 Å². The maximum Gasteiger partial charge on any atom is 0.118 e. The van der Waals surface area contributed by atoms with Crippen molar-refractivity contribution in [2.75, 3.05) is 14.2 Å². The zero-order valence-electron chi connectivity index (χ0n) is 17.4. The van der Waals surface area contributed by atoms with Gasteiger partial charge in [0.15, 0.2) is 0 Å². The fraction of sp³-hybridized carbons (Fsp3) is 0.0769. The molecule has 0 heterocycles. The fourth-order valence-electron chi connectivity index (χ4n) is 2.64. The average molecular weight is 449 g/mol. The number of methoxy groups -OCH3 is 2. The van der Waals surface area contributed by atoms with Gasteiger partial charge in [0.25, 0.3) is 0 Å². The summed E-state index contributed by atoms with van der Waals surface area (Å²) in [6.45, 7) is 0. The van der Waals surface area contributed by atoms with Crippen LogP contribution in [0.2, 0.25) is 0 Å². The highest BCUT2D eigenvalue weighted by molar-refractivity contribution is 8.76. The topological polar surface area (TPSA) is 38.7 Å². The summed E-state index contributed by atoms with van der Waals surface area (Å²) in [6, 6.07) is 33.4. The maximum absolute atomic E-state index is 9.10. The van der Waals surface area contributed by atoms with Gasteiger partial charge in [0.2, 0.25) is 0 Å². The summed E-state index contributed by atoms with van der Waals surface area (Å²) in [6.07, 6.45) is 0. The molecule has 0 bridgehead atoms. The molecule has 158 valence electrons. The molecular weight excluding hydrogens is 424 g/mol. The SMILES string of the molecule is COc1ccc(SSc2ccc(OC)cc2)cc1.Oc1ccc(-c2ccccc2)cc1. The van der Waals surface area contributed by atoms with E-state index in [0.29, 0.717) is 5.75 Å². The van der Waals surface area contributed by atoms with Gasteiger partial charge in [-0.2, -0.15) is 0 Å². The van der Waals surface area contributed by atoms with E-state index in [4.69, 9.17) is 14.6 Å². The smallest absolute Gasteiger partial charge is 0.118 e. The van der Waals surface area contributed by atoms with Crippen LogP contribution in [0.1, 0.15) is 0 Å². The molecule has 0 aliphatic rings. The molecule has 0 saturated carbocycles. The quantitative estimate of drug-likeness (QED) is 0.308. The Morgan fingerprint density at radius 2 is 0.935 bits per heavy atom. The van der Waals surface area contributed by atoms with Crippen molar-refractivity contribution in [1.29, 1.82) is 0 Å². The highest BCUT2D eigenvalue weighted by Gasteiger charge is 1.99. The number of aromatic hydroxyl groups is 1. The van der Waals surface area contributed by atoms with Gasteiger partial charge in [-0.25, -0.2) is 0 Å². The molecule has 3 nitrogen and oxygen atoms in total. The van der Waals surface area contributed by atoms with Gasteiger partial charge in [0.1, 0.15) is 17.2 Å². The average Bonchev–Trinajstić information content (AvgIpc) is 2.85. The summed E-state index contributed by atoms with van der Waals surface area (Å²) in [7, 11) is 6.80. The van der Waals surface area contributed by atoms with Crippen LogP contribution in [0.25, 0.3) is 11.1 Å². The summed E-state index contributed by atoms with van der Waals surface area (Å²) in [5.74, 6) is 2.07. The molecule has 0 saturated heterocycles. The molecule has 4 rings (SSSR count). The lowest BCUT2D eigenvalue weighted by Crippen LogP contribution is -1.81. The van der Waals surface area contributed by atoms with Crippen LogP contribution >= 0.6 is 21.6 Å². The van der Waals surface area contributed by atoms with E-state index >= 15 is 0 Å². The van der Waals surface area contributed by atoms with Crippen molar-refractivity contribution in [1.82, 2.24) is 0 Å². The van der Waals surface area contributed by atoms with Crippen molar-refractivity contribution >= 4 is 21.6 Å². The second-order valence-corrected chi connectivity index (χ2v) is 8.71. The molecule has 0 spiro atoms. The summed E-state index contributed by atoms with van der Waals surface area (Å²) in [4.78, 5) is 2.41. The fourth-order valence-corrected chi connectivity index (χ4v) is 4.57. The Kier molecular flexibility index (Phi) is 8.76. The lowest BCUT2D eigenvalue weighted by Gasteiger charge is -2.04. The van der Waals surface area contributed by atoms with Crippen LogP contribution in [-0.2, 0) is 0 Å². The number of benzene rings is 4. The maximum atomic E-state index is 9.10. The third-order valence-electron chi connectivity index (χ3n) is 4.33. The standard InChI is InChI=1S/C14H14O2S2.C12H10O/c1-15-11-3-7-13(8-4-11)17-18-14-9-5-12(16-2)6-10-14;13-12-8-6-11(7-9-12)10-4-2-1-3-5-10/h3-10H,1-2H3;1-9,13H. The first kappa shape index (κ1) is 22.7. The minimum absolute atomic E-state index is 0.305. The third-order valence-corrected chi connectivity index (χ3v) is 6.74. The first-order chi connectivity index (χ1) is 15.2. The minimum atomic E-state index is 0.305. The highest BCUT2D eigenvalue weighted by atomic mass is 33.1. The zero-order valence-corrected chi connectivity index (χ0v) is 19.0. The molecule has 0 atom stereocenters. The second-order valence-electron chi connectivity index (χ2n) is 6.43. The van der Waals surface area contributed by atoms with Gasteiger partial charge in [-0.1, -0.05) is 64.1 Å². The Balaban J connectivity index is 0.000000185. The van der Waals surface area contributed by atoms with Gasteiger partial charge in [-0.15, -0.1) is 0 Å². The number of rotatable bonds is 6. The van der Waals surface area contributed by atoms with Gasteiger partial charge in [-0.3, -0.25) is 0 Å². The second kappa shape index (κ2) is 12.0. The lowest BCUT2D eigenvalue weighted by atomic mass is 10.1. The molecule has 1 N–H and O–H groups in total. The van der Waals surface area contributed by atoms with E-state index in [-0.39, 0.29) is 0 Å². The molecule has 0 fully saturated rings. The molecule has 0 aliphatic carbocycles. The van der Waals surface area contributed by atoms with Crippen molar-refractivity contribution in [3.8, 4) is 28.4 Å². The van der Waals surface area contributed by atoms with Crippen molar-refractivity contribution in [3.63, 3.8) is 0 Å². The minimum Gasteiger partial charge on any atom is -0.508 e. The van der Waals surface area contributed by atoms with E-state index in [0.717, 1.165) is 17.1 Å². The molecule has 4 aromatic rings. The van der Waals surface area contributed by atoms with Gasteiger partial charge in [0, 0.05) is 9.79 Å². The first-order valence-electron chi connectivity index (χ1n) is 9.65. The number of hydrogen-bond donors (Lipinski definition) is 1. The lowest BCUT2D eigenvalue weighted by molar-refractivity contribution is 0.414. The van der Waals surface area contributed by atoms with Crippen LogP contribution in [0.5, 0.6) is 17.2 Å². The van der Waals surface area contributed by atoms with Crippen molar-refractivity contribution < 1.29 is 14.6 Å². The Hall–Kier alpha value is -3.02. The number of hydrogen-bond acceptors (Lipinski definition) is 5. The van der Waals surface area contributed by atoms with Crippen LogP contribution < -0.4 is 9.47 Å². The molecule has 0 radical (unpaired) electrons. The number of ether oxygens (including phenoxy) is 2. The molecule has 0 aromatic heterocycles. The van der Waals surface area contributed by atoms with E-state index in [2.05, 4.69) is 24.3 Å². The Morgan fingerprint density at radius 3 is 1.35 bits per heavy atom. The number of phenols is 1. The summed E-state index contributed by atoms with van der Waals surface area (Å²) >= 11 is 0. The molecule has 4 aromatic carbocycles. The largest absolute Gasteiger partial charge is 0.508 e. The normalized spacial score (nSPS) is 10.0. The predicted molar refractivity (Wildman–Crippen MR) is 131 cm³/mol. The van der Waals surface area contributed by atoms with E-state index in [9.17, 15) is 0 Å². The van der Waals surface area contributed by atoms with E-state index in [1.54, 1.807) is 47.9 Å². The zero-order chi connectivity index (χ0) is 21.9. The van der Waals surface area contributed by atoms with Crippen molar-refractivity contribution in [2.45, 2.75) is 9.79 Å². The molecule has 5 heteroatoms. The predicted octanol–water partition coefficient (Wildman–Crippen LogP) is 7.56. The van der Waals surface area contributed by atoms with Crippen molar-refractivity contribution in [2.24, 2.45) is 0 Å². The summed E-state index contributed by atoms with van der Waals surface area (Å²) in [5.41, 5.74) is 2.29. The van der Waals surface area contributed by atoms with Gasteiger partial charge in [0.05, 0.1) is 14.2 Å². The van der Waals surface area contributed by atoms with Gasteiger partial charge < -0.3 is 14.6 Å². The van der Waals surface area contributed by atoms with Gasteiger partial charge >= 0.3 is 0 Å². The first-order valence-corrected chi connectivity index (χ1v) is 11.8. The number of phenolic OH excluding ortho intramolecular Hbond substituents is 1. The van der Waals surface area contributed by atoms with E-state index < -0.39 is 0 Å². The van der Waals surface area contributed by atoms with Crippen LogP contribution in [-0.4, -0.2) is 19.3 Å². The van der Waals surface area contributed by atoms with Crippen LogP contribution in [0.3, 0.4) is 0 Å². The Morgan fingerprint density at radius 1 is 0.516 bits per heavy atom. The van der Waals surface area contributed by atoms with Crippen molar-refractivity contribution in [3.05, 3.63) is 103 Å². The molecule has 0 amide bonds. The molecule has 0 aliphatic heterocycles. The van der Waals surface area contributed by atoms with Gasteiger partial charge in [-0.05, 0) is 71.8 Å². The molecule has 31 heavy (non-hydrogen) atoms. The monoisotopic (exact) mass is 448 g/mol.